The number of carbonyl (C=O) groups excluding carboxylic acids is 2. The summed E-state index contributed by atoms with van der Waals surface area (Å²) in [6, 6.07) is 9.22. The van der Waals surface area contributed by atoms with Gasteiger partial charge in [0.15, 0.2) is 0 Å². The average Bonchev–Trinajstić information content (AvgIpc) is 3.25. The highest BCUT2D eigenvalue weighted by Crippen LogP contribution is 2.39. The molecule has 33 heavy (non-hydrogen) atoms. The van der Waals surface area contributed by atoms with Crippen LogP contribution in [0.4, 0.5) is 17.1 Å². The summed E-state index contributed by atoms with van der Waals surface area (Å²) in [6.07, 6.45) is 0.739. The number of nitrogens with zero attached hydrogens (tertiary/aromatic N) is 2. The molecule has 176 valence electrons. The summed E-state index contributed by atoms with van der Waals surface area (Å²) < 4.78 is 17.3. The van der Waals surface area contributed by atoms with Gasteiger partial charge in [-0.25, -0.2) is 0 Å². The topological polar surface area (TPSA) is 80.3 Å². The summed E-state index contributed by atoms with van der Waals surface area (Å²) in [5.74, 6) is 1.07. The smallest absolute Gasteiger partial charge is 0.255 e. The zero-order chi connectivity index (χ0) is 23.4. The SMILES string of the molecule is CCOc1cc(N2CCOCC2)c(OCC)cc1NC(=O)c1ccc2c(c1)CCN2C(C)=O. The molecule has 4 rings (SSSR count). The van der Waals surface area contributed by atoms with Gasteiger partial charge in [-0.15, -0.1) is 0 Å². The van der Waals surface area contributed by atoms with E-state index in [4.69, 9.17) is 14.2 Å². The number of hydrogen-bond acceptors (Lipinski definition) is 6. The normalized spacial score (nSPS) is 15.2. The minimum absolute atomic E-state index is 0.0103. The Morgan fingerprint density at radius 3 is 2.39 bits per heavy atom. The van der Waals surface area contributed by atoms with Crippen molar-refractivity contribution in [2.45, 2.75) is 27.2 Å². The monoisotopic (exact) mass is 453 g/mol. The van der Waals surface area contributed by atoms with Crippen LogP contribution in [0.15, 0.2) is 30.3 Å². The number of benzene rings is 2. The van der Waals surface area contributed by atoms with Crippen LogP contribution in [-0.4, -0.2) is 57.9 Å². The number of anilines is 3. The number of nitrogens with one attached hydrogen (secondary N) is 1. The van der Waals surface area contributed by atoms with E-state index in [2.05, 4.69) is 10.2 Å². The Labute approximate surface area is 194 Å². The molecule has 0 aromatic heterocycles. The van der Waals surface area contributed by atoms with E-state index in [0.29, 0.717) is 55.7 Å². The number of hydrogen-bond donors (Lipinski definition) is 1. The van der Waals surface area contributed by atoms with E-state index < -0.39 is 0 Å². The second kappa shape index (κ2) is 10.1. The van der Waals surface area contributed by atoms with Crippen molar-refractivity contribution in [3.63, 3.8) is 0 Å². The van der Waals surface area contributed by atoms with Crippen molar-refractivity contribution in [3.8, 4) is 11.5 Å². The average molecular weight is 454 g/mol. The summed E-state index contributed by atoms with van der Waals surface area (Å²) in [7, 11) is 0. The molecule has 1 saturated heterocycles. The van der Waals surface area contributed by atoms with Crippen molar-refractivity contribution in [3.05, 3.63) is 41.5 Å². The minimum Gasteiger partial charge on any atom is -0.492 e. The van der Waals surface area contributed by atoms with Crippen molar-refractivity contribution in [1.29, 1.82) is 0 Å². The van der Waals surface area contributed by atoms with E-state index in [-0.39, 0.29) is 11.8 Å². The molecule has 2 heterocycles. The Kier molecular flexibility index (Phi) is 7.03. The maximum atomic E-state index is 13.1. The predicted molar refractivity (Wildman–Crippen MR) is 128 cm³/mol. The molecule has 2 aliphatic rings. The maximum absolute atomic E-state index is 13.1. The Balaban J connectivity index is 1.62. The van der Waals surface area contributed by atoms with E-state index >= 15 is 0 Å². The third-order valence-corrected chi connectivity index (χ3v) is 5.88. The Bertz CT molecular complexity index is 1030. The second-order valence-corrected chi connectivity index (χ2v) is 8.00. The predicted octanol–water partition coefficient (Wildman–Crippen LogP) is 3.48. The first kappa shape index (κ1) is 22.9. The molecule has 8 heteroatoms. The first-order valence-electron chi connectivity index (χ1n) is 11.5. The summed E-state index contributed by atoms with van der Waals surface area (Å²) in [6.45, 7) is 9.89. The molecule has 8 nitrogen and oxygen atoms in total. The van der Waals surface area contributed by atoms with Gasteiger partial charge < -0.3 is 29.3 Å². The molecule has 2 aromatic rings. The third kappa shape index (κ3) is 4.90. The van der Waals surface area contributed by atoms with Gasteiger partial charge in [0, 0.05) is 49.9 Å². The second-order valence-electron chi connectivity index (χ2n) is 8.00. The fourth-order valence-electron chi connectivity index (χ4n) is 4.31. The van der Waals surface area contributed by atoms with Gasteiger partial charge in [0.2, 0.25) is 5.91 Å². The fourth-order valence-corrected chi connectivity index (χ4v) is 4.31. The van der Waals surface area contributed by atoms with Crippen LogP contribution in [-0.2, 0) is 16.0 Å². The summed E-state index contributed by atoms with van der Waals surface area (Å²) in [4.78, 5) is 28.9. The number of morpholine rings is 1. The molecular formula is C25H31N3O5. The fraction of sp³-hybridized carbons (Fsp3) is 0.440. The number of rotatable bonds is 7. The molecule has 2 aliphatic heterocycles. The van der Waals surface area contributed by atoms with Gasteiger partial charge in [-0.3, -0.25) is 9.59 Å². The number of carbonyl (C=O) groups is 2. The van der Waals surface area contributed by atoms with Crippen LogP contribution >= 0.6 is 0 Å². The van der Waals surface area contributed by atoms with Gasteiger partial charge in [0.05, 0.1) is 37.8 Å². The molecule has 2 amide bonds. The molecule has 1 N–H and O–H groups in total. The van der Waals surface area contributed by atoms with Crippen LogP contribution in [0.3, 0.4) is 0 Å². The molecule has 0 aliphatic carbocycles. The number of fused-ring (bicyclic) bond motifs is 1. The van der Waals surface area contributed by atoms with Crippen LogP contribution in [0.2, 0.25) is 0 Å². The van der Waals surface area contributed by atoms with Crippen molar-refractivity contribution >= 4 is 28.9 Å². The zero-order valence-corrected chi connectivity index (χ0v) is 19.5. The lowest BCUT2D eigenvalue weighted by Gasteiger charge is -2.31. The Hall–Kier alpha value is -3.26. The lowest BCUT2D eigenvalue weighted by atomic mass is 10.1. The zero-order valence-electron chi connectivity index (χ0n) is 19.5. The van der Waals surface area contributed by atoms with E-state index in [1.807, 2.05) is 38.1 Å². The molecule has 0 atom stereocenters. The standard InChI is InChI=1S/C25H31N3O5/c1-4-32-23-16-22(27-10-12-31-13-11-27)24(33-5-2)15-20(23)26-25(30)19-6-7-21-18(14-19)8-9-28(21)17(3)29/h6-7,14-16H,4-5,8-13H2,1-3H3,(H,26,30). The first-order chi connectivity index (χ1) is 16.0. The van der Waals surface area contributed by atoms with Crippen molar-refractivity contribution < 1.29 is 23.8 Å². The van der Waals surface area contributed by atoms with Crippen molar-refractivity contribution in [1.82, 2.24) is 0 Å². The molecule has 0 radical (unpaired) electrons. The van der Waals surface area contributed by atoms with Crippen molar-refractivity contribution in [2.24, 2.45) is 0 Å². The quantitative estimate of drug-likeness (QED) is 0.691. The number of ether oxygens (including phenoxy) is 3. The first-order valence-corrected chi connectivity index (χ1v) is 11.5. The van der Waals surface area contributed by atoms with E-state index in [9.17, 15) is 9.59 Å². The molecule has 0 spiro atoms. The molecule has 1 fully saturated rings. The minimum atomic E-state index is -0.235. The molecule has 0 bridgehead atoms. The molecular weight excluding hydrogens is 422 g/mol. The van der Waals surface area contributed by atoms with E-state index in [1.54, 1.807) is 17.9 Å². The highest BCUT2D eigenvalue weighted by Gasteiger charge is 2.24. The van der Waals surface area contributed by atoms with Gasteiger partial charge in [0.25, 0.3) is 5.91 Å². The van der Waals surface area contributed by atoms with Gasteiger partial charge in [-0.05, 0) is 44.0 Å². The lowest BCUT2D eigenvalue weighted by Crippen LogP contribution is -2.36. The Morgan fingerprint density at radius 2 is 1.70 bits per heavy atom. The van der Waals surface area contributed by atoms with Gasteiger partial charge in [0.1, 0.15) is 11.5 Å². The van der Waals surface area contributed by atoms with E-state index in [1.165, 1.54) is 0 Å². The Morgan fingerprint density at radius 1 is 0.970 bits per heavy atom. The van der Waals surface area contributed by atoms with Crippen LogP contribution < -0.4 is 24.6 Å². The maximum Gasteiger partial charge on any atom is 0.255 e. The van der Waals surface area contributed by atoms with Gasteiger partial charge in [-0.2, -0.15) is 0 Å². The lowest BCUT2D eigenvalue weighted by molar-refractivity contribution is -0.116. The molecule has 2 aromatic carbocycles. The van der Waals surface area contributed by atoms with Crippen LogP contribution in [0.25, 0.3) is 0 Å². The molecule has 0 saturated carbocycles. The van der Waals surface area contributed by atoms with Gasteiger partial charge >= 0.3 is 0 Å². The van der Waals surface area contributed by atoms with Crippen LogP contribution in [0, 0.1) is 0 Å². The highest BCUT2D eigenvalue weighted by atomic mass is 16.5. The highest BCUT2D eigenvalue weighted by molar-refractivity contribution is 6.06. The molecule has 0 unspecified atom stereocenters. The van der Waals surface area contributed by atoms with Gasteiger partial charge in [-0.1, -0.05) is 0 Å². The number of amides is 2. The van der Waals surface area contributed by atoms with Crippen molar-refractivity contribution in [2.75, 3.05) is 61.2 Å². The summed E-state index contributed by atoms with van der Waals surface area (Å²) >= 11 is 0. The van der Waals surface area contributed by atoms with E-state index in [0.717, 1.165) is 36.4 Å². The summed E-state index contributed by atoms with van der Waals surface area (Å²) in [5, 5.41) is 3.00. The third-order valence-electron chi connectivity index (χ3n) is 5.88. The largest absolute Gasteiger partial charge is 0.492 e. The van der Waals surface area contributed by atoms with Crippen LogP contribution in [0.5, 0.6) is 11.5 Å². The van der Waals surface area contributed by atoms with Crippen LogP contribution in [0.1, 0.15) is 36.7 Å². The summed E-state index contributed by atoms with van der Waals surface area (Å²) in [5.41, 5.74) is 3.91.